The van der Waals surface area contributed by atoms with Gasteiger partial charge in [-0.3, -0.25) is 14.4 Å². The predicted molar refractivity (Wildman–Crippen MR) is 213 cm³/mol. The SMILES string of the molecule is C[C@H]1[C@@H](OCCCCCCCCCC(=O)Nc2cc(C(=O)Nc3cc(C(=O)NCCCN(C)C)n(C)c3)n(C)c2)O[C@@H]2O[C@]3(C)CC[C@H]4[C@H](C)CC[C@@H]1[C@@]24OO3. The number of anilines is 2. The van der Waals surface area contributed by atoms with Gasteiger partial charge in [-0.1, -0.05) is 46.0 Å². The van der Waals surface area contributed by atoms with E-state index in [2.05, 4.69) is 34.7 Å². The zero-order valence-electron chi connectivity index (χ0n) is 34.7. The summed E-state index contributed by atoms with van der Waals surface area (Å²) < 4.78 is 22.7. The molecule has 1 spiro atoms. The molecule has 3 N–H and O–H groups in total. The van der Waals surface area contributed by atoms with Gasteiger partial charge in [-0.15, -0.1) is 0 Å². The van der Waals surface area contributed by atoms with Crippen molar-refractivity contribution in [3.8, 4) is 0 Å². The standard InChI is InChI=1S/C42H66N6O8/c1-28-17-18-33-29(2)39(53-40-42(33)32(28)19-20-41(3,54-40)55-56-42)52-23-14-12-10-8-9-11-13-16-36(49)44-30-24-35(48(7)26-30)38(51)45-31-25-34(47(6)27-31)37(50)43-21-15-22-46(4)5/h24-29,32-33,39-40H,8-23H2,1-7H3,(H,43,50)(H,44,49)(H,45,51)/t28-,29-,32+,33+,39+,40-,41+,42-/m1/s1. The highest BCUT2D eigenvalue weighted by atomic mass is 17.3. The van der Waals surface area contributed by atoms with E-state index in [0.29, 0.717) is 54.2 Å². The van der Waals surface area contributed by atoms with Gasteiger partial charge >= 0.3 is 0 Å². The molecule has 312 valence electrons. The van der Waals surface area contributed by atoms with Crippen LogP contribution < -0.4 is 16.0 Å². The quantitative estimate of drug-likeness (QED) is 0.106. The molecule has 0 unspecified atom stereocenters. The van der Waals surface area contributed by atoms with E-state index >= 15 is 0 Å². The van der Waals surface area contributed by atoms with E-state index in [9.17, 15) is 14.4 Å². The highest BCUT2D eigenvalue weighted by molar-refractivity contribution is 6.05. The zero-order chi connectivity index (χ0) is 40.0. The van der Waals surface area contributed by atoms with Crippen molar-refractivity contribution in [1.82, 2.24) is 19.4 Å². The zero-order valence-corrected chi connectivity index (χ0v) is 34.7. The third-order valence-corrected chi connectivity index (χ3v) is 12.5. The third kappa shape index (κ3) is 9.70. The number of unbranched alkanes of at least 4 members (excludes halogenated alkanes) is 6. The summed E-state index contributed by atoms with van der Waals surface area (Å²) in [6.45, 7) is 8.62. The molecule has 6 heterocycles. The van der Waals surface area contributed by atoms with Crippen LogP contribution in [-0.4, -0.2) is 89.5 Å². The van der Waals surface area contributed by atoms with Gasteiger partial charge in [0, 0.05) is 64.3 Å². The Labute approximate surface area is 332 Å². The molecule has 0 radical (unpaired) electrons. The summed E-state index contributed by atoms with van der Waals surface area (Å²) in [5.74, 6) is -0.00326. The summed E-state index contributed by atoms with van der Waals surface area (Å²) in [6.07, 6.45) is 15.2. The van der Waals surface area contributed by atoms with Crippen LogP contribution in [0.3, 0.4) is 0 Å². The number of fused-ring (bicyclic) bond motifs is 2. The van der Waals surface area contributed by atoms with Crippen molar-refractivity contribution < 1.29 is 38.4 Å². The maximum absolute atomic E-state index is 13.1. The van der Waals surface area contributed by atoms with Crippen LogP contribution in [0.2, 0.25) is 0 Å². The van der Waals surface area contributed by atoms with Crippen LogP contribution in [0.15, 0.2) is 24.5 Å². The van der Waals surface area contributed by atoms with Gasteiger partial charge in [0.15, 0.2) is 18.2 Å². The molecule has 2 bridgehead atoms. The number of hydrogen-bond acceptors (Lipinski definition) is 9. The second kappa shape index (κ2) is 18.5. The van der Waals surface area contributed by atoms with Crippen molar-refractivity contribution in [2.24, 2.45) is 37.8 Å². The van der Waals surface area contributed by atoms with Crippen LogP contribution in [0.25, 0.3) is 0 Å². The van der Waals surface area contributed by atoms with E-state index in [1.165, 1.54) is 6.42 Å². The van der Waals surface area contributed by atoms with Crippen LogP contribution in [0.5, 0.6) is 0 Å². The largest absolute Gasteiger partial charge is 0.352 e. The van der Waals surface area contributed by atoms with Crippen LogP contribution in [0.1, 0.15) is 125 Å². The number of nitrogens with zero attached hydrogens (tertiary/aromatic N) is 3. The molecule has 8 atom stereocenters. The number of nitrogens with one attached hydrogen (secondary N) is 3. The van der Waals surface area contributed by atoms with Crippen LogP contribution in [0, 0.1) is 23.7 Å². The fourth-order valence-corrected chi connectivity index (χ4v) is 9.36. The summed E-state index contributed by atoms with van der Waals surface area (Å²) in [5.41, 5.74) is 1.40. The molecule has 7 rings (SSSR count). The minimum Gasteiger partial charge on any atom is -0.352 e. The smallest absolute Gasteiger partial charge is 0.272 e. The fraction of sp³-hybridized carbons (Fsp3) is 0.738. The maximum Gasteiger partial charge on any atom is 0.272 e. The molecular formula is C42H66N6O8. The highest BCUT2D eigenvalue weighted by Gasteiger charge is 2.69. The normalized spacial score (nSPS) is 29.5. The minimum absolute atomic E-state index is 0.0670. The summed E-state index contributed by atoms with van der Waals surface area (Å²) in [7, 11) is 7.52. The van der Waals surface area contributed by atoms with Crippen molar-refractivity contribution in [1.29, 1.82) is 0 Å². The lowest BCUT2D eigenvalue weighted by atomic mass is 9.58. The number of carbonyl (C=O) groups is 3. The van der Waals surface area contributed by atoms with Gasteiger partial charge in [0.1, 0.15) is 11.4 Å². The Bertz CT molecular complexity index is 1660. The Hall–Kier alpha value is -3.27. The first-order chi connectivity index (χ1) is 26.8. The van der Waals surface area contributed by atoms with Gasteiger partial charge in [-0.05, 0) is 90.1 Å². The Kier molecular flexibility index (Phi) is 14.0. The first kappa shape index (κ1) is 42.3. The number of ether oxygens (including phenoxy) is 3. The third-order valence-electron chi connectivity index (χ3n) is 12.5. The molecule has 3 amide bonds. The van der Waals surface area contributed by atoms with Crippen LogP contribution >= 0.6 is 0 Å². The van der Waals surface area contributed by atoms with E-state index in [4.69, 9.17) is 24.0 Å². The van der Waals surface area contributed by atoms with E-state index < -0.39 is 17.7 Å². The van der Waals surface area contributed by atoms with E-state index in [1.807, 2.05) is 21.0 Å². The van der Waals surface area contributed by atoms with Gasteiger partial charge in [-0.25, -0.2) is 9.78 Å². The van der Waals surface area contributed by atoms with Crippen molar-refractivity contribution in [2.45, 2.75) is 128 Å². The second-order valence-electron chi connectivity index (χ2n) is 17.2. The topological polar surface area (TPSA) is 147 Å². The highest BCUT2D eigenvalue weighted by Crippen LogP contribution is 2.60. The molecule has 4 saturated heterocycles. The number of amides is 3. The van der Waals surface area contributed by atoms with Crippen LogP contribution in [0.4, 0.5) is 11.4 Å². The monoisotopic (exact) mass is 782 g/mol. The molecule has 14 heteroatoms. The predicted octanol–water partition coefficient (Wildman–Crippen LogP) is 6.58. The lowest BCUT2D eigenvalue weighted by molar-refractivity contribution is -0.577. The molecule has 1 saturated carbocycles. The van der Waals surface area contributed by atoms with Gasteiger partial charge in [0.2, 0.25) is 11.7 Å². The minimum atomic E-state index is -0.776. The molecule has 0 aromatic carbocycles. The molecule has 5 aliphatic rings. The lowest BCUT2D eigenvalue weighted by Gasteiger charge is -2.60. The van der Waals surface area contributed by atoms with Crippen molar-refractivity contribution in [2.75, 3.05) is 44.4 Å². The average molecular weight is 783 g/mol. The first-order valence-electron chi connectivity index (χ1n) is 21.0. The number of aryl methyl sites for hydroxylation is 2. The van der Waals surface area contributed by atoms with Crippen LogP contribution in [-0.2, 0) is 42.9 Å². The van der Waals surface area contributed by atoms with Crippen molar-refractivity contribution >= 4 is 29.1 Å². The molecule has 4 aliphatic heterocycles. The summed E-state index contributed by atoms with van der Waals surface area (Å²) in [6, 6.07) is 3.33. The molecule has 14 nitrogen and oxygen atoms in total. The number of rotatable bonds is 19. The van der Waals surface area contributed by atoms with Gasteiger partial charge in [0.25, 0.3) is 11.8 Å². The molecule has 1 aliphatic carbocycles. The molecule has 2 aromatic rings. The maximum atomic E-state index is 13.1. The Morgan fingerprint density at radius 1 is 0.839 bits per heavy atom. The molecule has 5 fully saturated rings. The van der Waals surface area contributed by atoms with E-state index in [-0.39, 0.29) is 35.8 Å². The lowest BCUT2D eigenvalue weighted by Crippen LogP contribution is -2.70. The Balaban J connectivity index is 0.835. The average Bonchev–Trinajstić information content (AvgIpc) is 3.61. The van der Waals surface area contributed by atoms with Gasteiger partial charge in [-0.2, -0.15) is 0 Å². The number of aromatic nitrogens is 2. The molecule has 2 aromatic heterocycles. The Morgan fingerprint density at radius 2 is 1.50 bits per heavy atom. The molecular weight excluding hydrogens is 716 g/mol. The van der Waals surface area contributed by atoms with Crippen molar-refractivity contribution in [3.05, 3.63) is 35.9 Å². The van der Waals surface area contributed by atoms with E-state index in [0.717, 1.165) is 77.2 Å². The Morgan fingerprint density at radius 3 is 2.21 bits per heavy atom. The second-order valence-corrected chi connectivity index (χ2v) is 17.2. The number of carbonyl (C=O) groups excluding carboxylic acids is 3. The summed E-state index contributed by atoms with van der Waals surface area (Å²) >= 11 is 0. The molecule has 56 heavy (non-hydrogen) atoms. The van der Waals surface area contributed by atoms with E-state index in [1.54, 1.807) is 47.8 Å². The number of hydrogen-bond donors (Lipinski definition) is 3. The van der Waals surface area contributed by atoms with Gasteiger partial charge < -0.3 is 44.2 Å². The van der Waals surface area contributed by atoms with Crippen molar-refractivity contribution in [3.63, 3.8) is 0 Å². The fourth-order valence-electron chi connectivity index (χ4n) is 9.36. The summed E-state index contributed by atoms with van der Waals surface area (Å²) in [4.78, 5) is 52.7. The van der Waals surface area contributed by atoms with Gasteiger partial charge in [0.05, 0.1) is 11.4 Å². The summed E-state index contributed by atoms with van der Waals surface area (Å²) in [5, 5.41) is 8.73. The first-order valence-corrected chi connectivity index (χ1v) is 21.0.